The first kappa shape index (κ1) is 12.2. The second kappa shape index (κ2) is 4.78. The van der Waals surface area contributed by atoms with E-state index >= 15 is 0 Å². The van der Waals surface area contributed by atoms with E-state index in [9.17, 15) is 4.79 Å². The third-order valence-corrected chi connectivity index (χ3v) is 3.84. The van der Waals surface area contributed by atoms with Crippen LogP contribution in [0.1, 0.15) is 34.6 Å². The predicted molar refractivity (Wildman–Crippen MR) is 64.6 cm³/mol. The molecule has 0 aliphatic heterocycles. The van der Waals surface area contributed by atoms with Crippen molar-refractivity contribution >= 4 is 5.78 Å². The Labute approximate surface area is 93.3 Å². The van der Waals surface area contributed by atoms with Crippen molar-refractivity contribution in [3.63, 3.8) is 0 Å². The molecule has 0 bridgehead atoms. The summed E-state index contributed by atoms with van der Waals surface area (Å²) in [4.78, 5) is 12.0. The number of carbonyl (C=O) groups excluding carboxylic acids is 1. The van der Waals surface area contributed by atoms with E-state index in [-0.39, 0.29) is 11.7 Å². The Balaban J connectivity index is 2.97. The number of allylic oxidation sites excluding steroid dienone is 4. The Morgan fingerprint density at radius 3 is 2.47 bits per heavy atom. The fraction of sp³-hybridized carbons (Fsp3) is 0.643. The van der Waals surface area contributed by atoms with Gasteiger partial charge in [0.1, 0.15) is 0 Å². The van der Waals surface area contributed by atoms with Gasteiger partial charge in [0.25, 0.3) is 0 Å². The average molecular weight is 206 g/mol. The molecule has 4 atom stereocenters. The van der Waals surface area contributed by atoms with Crippen LogP contribution in [0.25, 0.3) is 0 Å². The molecule has 0 aromatic carbocycles. The second-order valence-corrected chi connectivity index (χ2v) is 4.85. The van der Waals surface area contributed by atoms with Crippen molar-refractivity contribution in [2.45, 2.75) is 34.6 Å². The van der Waals surface area contributed by atoms with Gasteiger partial charge in [-0.1, -0.05) is 38.5 Å². The highest BCUT2D eigenvalue weighted by molar-refractivity contribution is 5.92. The van der Waals surface area contributed by atoms with E-state index in [1.165, 1.54) is 5.57 Å². The lowest BCUT2D eigenvalue weighted by Gasteiger charge is -2.36. The highest BCUT2D eigenvalue weighted by atomic mass is 16.1. The van der Waals surface area contributed by atoms with Gasteiger partial charge in [-0.3, -0.25) is 4.79 Å². The van der Waals surface area contributed by atoms with E-state index in [0.29, 0.717) is 17.8 Å². The molecule has 1 nitrogen and oxygen atoms in total. The summed E-state index contributed by atoms with van der Waals surface area (Å²) in [5, 5.41) is 0. The van der Waals surface area contributed by atoms with Crippen molar-refractivity contribution in [1.29, 1.82) is 0 Å². The molecule has 0 aromatic rings. The summed E-state index contributed by atoms with van der Waals surface area (Å²) < 4.78 is 0. The highest BCUT2D eigenvalue weighted by Crippen LogP contribution is 2.38. The second-order valence-electron chi connectivity index (χ2n) is 4.85. The molecule has 1 heteroatoms. The summed E-state index contributed by atoms with van der Waals surface area (Å²) in [7, 11) is 0. The minimum Gasteiger partial charge on any atom is -0.295 e. The zero-order valence-electron chi connectivity index (χ0n) is 10.4. The number of carbonyl (C=O) groups is 1. The van der Waals surface area contributed by atoms with Gasteiger partial charge in [-0.2, -0.15) is 0 Å². The van der Waals surface area contributed by atoms with Crippen molar-refractivity contribution in [2.24, 2.45) is 23.7 Å². The van der Waals surface area contributed by atoms with Gasteiger partial charge in [-0.05, 0) is 37.7 Å². The molecule has 0 saturated carbocycles. The molecule has 84 valence electrons. The minimum atomic E-state index is 0.168. The molecular weight excluding hydrogens is 184 g/mol. The fourth-order valence-electron chi connectivity index (χ4n) is 2.56. The molecule has 0 aromatic heterocycles. The van der Waals surface area contributed by atoms with E-state index in [2.05, 4.69) is 33.8 Å². The fourth-order valence-corrected chi connectivity index (χ4v) is 2.56. The number of hydrogen-bond donors (Lipinski definition) is 0. The Morgan fingerprint density at radius 2 is 1.93 bits per heavy atom. The average Bonchev–Trinajstić information content (AvgIpc) is 2.16. The number of rotatable bonds is 2. The molecule has 0 fully saturated rings. The van der Waals surface area contributed by atoms with Crippen molar-refractivity contribution in [2.75, 3.05) is 0 Å². The summed E-state index contributed by atoms with van der Waals surface area (Å²) in [5.74, 6) is 1.81. The predicted octanol–water partition coefficient (Wildman–Crippen LogP) is 3.62. The van der Waals surface area contributed by atoms with E-state index in [0.717, 1.165) is 0 Å². The van der Waals surface area contributed by atoms with Crippen LogP contribution in [0.3, 0.4) is 0 Å². The van der Waals surface area contributed by atoms with Crippen LogP contribution in [0.5, 0.6) is 0 Å². The molecule has 0 heterocycles. The lowest BCUT2D eigenvalue weighted by Crippen LogP contribution is -2.34. The van der Waals surface area contributed by atoms with E-state index in [1.807, 2.05) is 13.0 Å². The molecule has 0 spiro atoms. The maximum atomic E-state index is 12.0. The molecule has 4 unspecified atom stereocenters. The molecule has 0 N–H and O–H groups in total. The van der Waals surface area contributed by atoms with Crippen LogP contribution in [0.15, 0.2) is 23.8 Å². The van der Waals surface area contributed by atoms with Crippen LogP contribution in [0.4, 0.5) is 0 Å². The first-order valence-electron chi connectivity index (χ1n) is 5.83. The van der Waals surface area contributed by atoms with Crippen molar-refractivity contribution in [1.82, 2.24) is 0 Å². The van der Waals surface area contributed by atoms with E-state index in [1.54, 1.807) is 6.08 Å². The monoisotopic (exact) mass is 206 g/mol. The molecule has 1 rings (SSSR count). The molecule has 1 aliphatic carbocycles. The zero-order chi connectivity index (χ0) is 11.6. The van der Waals surface area contributed by atoms with E-state index in [4.69, 9.17) is 0 Å². The highest BCUT2D eigenvalue weighted by Gasteiger charge is 2.35. The Morgan fingerprint density at radius 1 is 1.33 bits per heavy atom. The molecule has 15 heavy (non-hydrogen) atoms. The van der Waals surface area contributed by atoms with Gasteiger partial charge in [0.15, 0.2) is 5.78 Å². The topological polar surface area (TPSA) is 17.1 Å². The van der Waals surface area contributed by atoms with Crippen LogP contribution in [0, 0.1) is 23.7 Å². The van der Waals surface area contributed by atoms with Crippen LogP contribution >= 0.6 is 0 Å². The first-order valence-corrected chi connectivity index (χ1v) is 5.83. The lowest BCUT2D eigenvalue weighted by atomic mass is 9.67. The SMILES string of the molecule is CC=CC(=O)C1C(C)C(C)=CC(C)C1C. The largest absolute Gasteiger partial charge is 0.295 e. The lowest BCUT2D eigenvalue weighted by molar-refractivity contribution is -0.121. The van der Waals surface area contributed by atoms with Gasteiger partial charge in [-0.15, -0.1) is 0 Å². The van der Waals surface area contributed by atoms with Crippen LogP contribution in [-0.2, 0) is 4.79 Å². The molecular formula is C14H22O. The van der Waals surface area contributed by atoms with Gasteiger partial charge >= 0.3 is 0 Å². The first-order chi connectivity index (χ1) is 6.99. The summed E-state index contributed by atoms with van der Waals surface area (Å²) in [6, 6.07) is 0. The van der Waals surface area contributed by atoms with Crippen LogP contribution < -0.4 is 0 Å². The van der Waals surface area contributed by atoms with Crippen molar-refractivity contribution in [3.8, 4) is 0 Å². The van der Waals surface area contributed by atoms with Gasteiger partial charge in [0.05, 0.1) is 0 Å². The summed E-state index contributed by atoms with van der Waals surface area (Å²) in [6.45, 7) is 10.6. The third-order valence-electron chi connectivity index (χ3n) is 3.84. The Kier molecular flexibility index (Phi) is 3.90. The van der Waals surface area contributed by atoms with Gasteiger partial charge in [0, 0.05) is 5.92 Å². The maximum absolute atomic E-state index is 12.0. The van der Waals surface area contributed by atoms with E-state index < -0.39 is 0 Å². The molecule has 0 radical (unpaired) electrons. The third kappa shape index (κ3) is 2.39. The standard InChI is InChI=1S/C14H22O/c1-6-7-13(15)14-11(4)9(2)8-10(3)12(14)5/h6-9,11-12,14H,1-5H3. The smallest absolute Gasteiger partial charge is 0.159 e. The van der Waals surface area contributed by atoms with Crippen LogP contribution in [0.2, 0.25) is 0 Å². The Bertz CT molecular complexity index is 298. The summed E-state index contributed by atoms with van der Waals surface area (Å²) >= 11 is 0. The molecule has 0 saturated heterocycles. The Hall–Kier alpha value is -0.850. The summed E-state index contributed by atoms with van der Waals surface area (Å²) in [6.07, 6.45) is 5.89. The normalized spacial score (nSPS) is 36.7. The zero-order valence-corrected chi connectivity index (χ0v) is 10.4. The van der Waals surface area contributed by atoms with Crippen molar-refractivity contribution in [3.05, 3.63) is 23.8 Å². The number of ketones is 1. The van der Waals surface area contributed by atoms with Gasteiger partial charge in [0.2, 0.25) is 0 Å². The quantitative estimate of drug-likeness (QED) is 0.498. The molecule has 0 amide bonds. The van der Waals surface area contributed by atoms with Gasteiger partial charge < -0.3 is 0 Å². The van der Waals surface area contributed by atoms with Gasteiger partial charge in [-0.25, -0.2) is 0 Å². The van der Waals surface area contributed by atoms with Crippen molar-refractivity contribution < 1.29 is 4.79 Å². The minimum absolute atomic E-state index is 0.168. The number of hydrogen-bond acceptors (Lipinski definition) is 1. The molecule has 1 aliphatic rings. The maximum Gasteiger partial charge on any atom is 0.159 e. The summed E-state index contributed by atoms with van der Waals surface area (Å²) in [5.41, 5.74) is 1.36. The van der Waals surface area contributed by atoms with Crippen LogP contribution in [-0.4, -0.2) is 5.78 Å².